The van der Waals surface area contributed by atoms with E-state index in [9.17, 15) is 90.5 Å². The molecule has 3 saturated heterocycles. The molecule has 3 rings (SSSR count). The van der Waals surface area contributed by atoms with Crippen molar-refractivity contribution < 1.29 is 133 Å². The van der Waals surface area contributed by atoms with Crippen LogP contribution in [0.15, 0.2) is 36.5 Å². The molecule has 6 unspecified atom stereocenters. The van der Waals surface area contributed by atoms with Gasteiger partial charge in [-0.15, -0.1) is 0 Å². The van der Waals surface area contributed by atoms with Crippen molar-refractivity contribution in [1.82, 2.24) is 0 Å². The molecule has 342 valence electrons. The maximum Gasteiger partial charge on any atom is 0.450 e. The first-order valence-corrected chi connectivity index (χ1v) is 15.3. The summed E-state index contributed by atoms with van der Waals surface area (Å²) in [6.45, 7) is 11.2. The first kappa shape index (κ1) is 53.3. The van der Waals surface area contributed by atoms with E-state index in [0.717, 1.165) is 13.8 Å². The third-order valence-corrected chi connectivity index (χ3v) is 7.48. The largest absolute Gasteiger partial charge is 0.450 e. The van der Waals surface area contributed by atoms with Crippen LogP contribution in [0.25, 0.3) is 0 Å². The number of hydrogen-bond acceptors (Lipinski definition) is 14. The normalized spacial score (nSPS) is 31.1. The van der Waals surface area contributed by atoms with E-state index >= 15 is 0 Å². The molecule has 0 aromatic carbocycles. The number of aliphatic hydroxyl groups is 3. The Morgan fingerprint density at radius 2 is 1.00 bits per heavy atom. The predicted molar refractivity (Wildman–Crippen MR) is 156 cm³/mol. The van der Waals surface area contributed by atoms with Crippen molar-refractivity contribution in [3.05, 3.63) is 36.5 Å². The van der Waals surface area contributed by atoms with Crippen LogP contribution in [0.4, 0.5) is 65.9 Å². The number of carbonyl (C=O) groups is 3. The van der Waals surface area contributed by atoms with Gasteiger partial charge in [0, 0.05) is 16.7 Å². The molecule has 0 amide bonds. The molecular weight excluding hydrogens is 869 g/mol. The molecule has 0 saturated carbocycles. The average Bonchev–Trinajstić information content (AvgIpc) is 3.03. The quantitative estimate of drug-likeness (QED) is 0.137. The maximum absolute atomic E-state index is 14.1. The van der Waals surface area contributed by atoms with Gasteiger partial charge in [0.1, 0.15) is 5.60 Å². The van der Waals surface area contributed by atoms with E-state index in [1.165, 1.54) is 6.92 Å². The SMILES string of the molecule is C=C(C)C(=O)OC1C(F)(F)C(C)(C)OC(O)(C(F)(F)F)C1(F)F.C=C(C)C(=O)OC1CC(O)(C(F)(F)F)OCO1.C=C(C)C(=O)OC1OCOC(O)(C(F)(F)F)C1(F)F. The Morgan fingerprint density at radius 3 is 1.41 bits per heavy atom. The van der Waals surface area contributed by atoms with E-state index in [-0.39, 0.29) is 11.1 Å². The molecule has 3 N–H and O–H groups in total. The Hall–Kier alpha value is -3.74. The number of halogens is 15. The molecule has 0 aromatic rings. The first-order valence-electron chi connectivity index (χ1n) is 15.3. The van der Waals surface area contributed by atoms with Crippen molar-refractivity contribution in [1.29, 1.82) is 0 Å². The van der Waals surface area contributed by atoms with Crippen molar-refractivity contribution in [2.75, 3.05) is 13.6 Å². The summed E-state index contributed by atoms with van der Waals surface area (Å²) in [5.41, 5.74) is -4.15. The number of hydrogen-bond donors (Lipinski definition) is 3. The minimum absolute atomic E-state index is 0.00985. The second kappa shape index (κ2) is 17.3. The van der Waals surface area contributed by atoms with Gasteiger partial charge in [-0.25, -0.2) is 14.4 Å². The molecule has 3 heterocycles. The van der Waals surface area contributed by atoms with Crippen LogP contribution in [0.3, 0.4) is 0 Å². The van der Waals surface area contributed by atoms with Gasteiger partial charge in [-0.2, -0.15) is 65.9 Å². The summed E-state index contributed by atoms with van der Waals surface area (Å²) in [7, 11) is 0. The topological polar surface area (TPSA) is 186 Å². The fourth-order valence-corrected chi connectivity index (χ4v) is 3.99. The molecular formula is C30H33F15O14. The minimum atomic E-state index is -6.14. The van der Waals surface area contributed by atoms with Crippen LogP contribution in [0.5, 0.6) is 0 Å². The highest BCUT2D eigenvalue weighted by Crippen LogP contribution is 2.58. The zero-order chi connectivity index (χ0) is 47.0. The van der Waals surface area contributed by atoms with Crippen LogP contribution in [-0.4, -0.2) is 125 Å². The van der Waals surface area contributed by atoms with Crippen LogP contribution in [0, 0.1) is 0 Å². The van der Waals surface area contributed by atoms with Crippen molar-refractivity contribution in [2.24, 2.45) is 0 Å². The van der Waals surface area contributed by atoms with Crippen molar-refractivity contribution in [3.8, 4) is 0 Å². The first-order chi connectivity index (χ1) is 26.0. The monoisotopic (exact) mass is 902 g/mol. The van der Waals surface area contributed by atoms with Gasteiger partial charge in [0.05, 0.1) is 6.42 Å². The highest BCUT2D eigenvalue weighted by molar-refractivity contribution is 5.88. The molecule has 0 bridgehead atoms. The lowest BCUT2D eigenvalue weighted by Gasteiger charge is -2.53. The van der Waals surface area contributed by atoms with Crippen LogP contribution in [-0.2, 0) is 52.3 Å². The number of ether oxygens (including phenoxy) is 8. The predicted octanol–water partition coefficient (Wildman–Crippen LogP) is 5.20. The second-order valence-electron chi connectivity index (χ2n) is 12.8. The number of alkyl halides is 15. The van der Waals surface area contributed by atoms with E-state index in [0.29, 0.717) is 13.8 Å². The fourth-order valence-electron chi connectivity index (χ4n) is 3.99. The molecule has 29 heteroatoms. The third kappa shape index (κ3) is 10.8. The van der Waals surface area contributed by atoms with E-state index in [2.05, 4.69) is 57.6 Å². The van der Waals surface area contributed by atoms with E-state index in [1.807, 2.05) is 0 Å². The van der Waals surface area contributed by atoms with Crippen LogP contribution >= 0.6 is 0 Å². The highest BCUT2D eigenvalue weighted by atomic mass is 19.4. The third-order valence-electron chi connectivity index (χ3n) is 7.48. The van der Waals surface area contributed by atoms with Gasteiger partial charge in [-0.05, 0) is 34.6 Å². The van der Waals surface area contributed by atoms with Crippen molar-refractivity contribution >= 4 is 17.9 Å². The summed E-state index contributed by atoms with van der Waals surface area (Å²) in [6.07, 6.45) is -26.4. The van der Waals surface area contributed by atoms with Gasteiger partial charge in [-0.3, -0.25) is 0 Å². The van der Waals surface area contributed by atoms with Crippen LogP contribution in [0.2, 0.25) is 0 Å². The molecule has 3 aliphatic heterocycles. The molecule has 0 aromatic heterocycles. The Bertz CT molecular complexity index is 1610. The molecule has 3 aliphatic rings. The lowest BCUT2D eigenvalue weighted by atomic mass is 9.83. The lowest BCUT2D eigenvalue weighted by Crippen LogP contribution is -2.79. The second-order valence-corrected chi connectivity index (χ2v) is 12.8. The van der Waals surface area contributed by atoms with Gasteiger partial charge < -0.3 is 53.2 Å². The van der Waals surface area contributed by atoms with Crippen molar-refractivity contribution in [3.63, 3.8) is 0 Å². The molecule has 59 heavy (non-hydrogen) atoms. The summed E-state index contributed by atoms with van der Waals surface area (Å²) < 4.78 is 229. The number of esters is 3. The van der Waals surface area contributed by atoms with Crippen LogP contribution in [0.1, 0.15) is 41.0 Å². The van der Waals surface area contributed by atoms with Crippen molar-refractivity contribution in [2.45, 2.75) is 119 Å². The number of rotatable bonds is 6. The minimum Gasteiger partial charge on any atom is -0.446 e. The van der Waals surface area contributed by atoms with Gasteiger partial charge in [0.2, 0.25) is 12.4 Å². The zero-order valence-electron chi connectivity index (χ0n) is 30.5. The van der Waals surface area contributed by atoms with E-state index in [1.54, 1.807) is 0 Å². The lowest BCUT2D eigenvalue weighted by molar-refractivity contribution is -0.510. The smallest absolute Gasteiger partial charge is 0.446 e. The zero-order valence-corrected chi connectivity index (χ0v) is 30.5. The number of carbonyl (C=O) groups excluding carboxylic acids is 3. The summed E-state index contributed by atoms with van der Waals surface area (Å²) in [5.74, 6) is -33.0. The molecule has 3 fully saturated rings. The van der Waals surface area contributed by atoms with Crippen LogP contribution < -0.4 is 0 Å². The fraction of sp³-hybridized carbons (Fsp3) is 0.700. The molecule has 0 spiro atoms. The van der Waals surface area contributed by atoms with E-state index in [4.69, 9.17) is 5.11 Å². The molecule has 14 nitrogen and oxygen atoms in total. The average molecular weight is 903 g/mol. The Labute approximate surface area is 321 Å². The summed E-state index contributed by atoms with van der Waals surface area (Å²) >= 11 is 0. The van der Waals surface area contributed by atoms with E-state index < -0.39 is 121 Å². The Morgan fingerprint density at radius 1 is 0.593 bits per heavy atom. The molecule has 0 radical (unpaired) electrons. The molecule has 0 aliphatic carbocycles. The standard InChI is InChI=1S/C12H13F7O4.C9H9F5O5.C9H11F3O5/c1-5(2)6(20)22-7-9(13,14)8(3,4)23-11(21,10(7,15)16)12(17,18)19;1-4(2)5(15)19-6-7(10,11)8(16,9(12,13)14)18-3-17-6;1-5(2)7(13)17-6-3-8(14,9(10,11)12)16-4-15-6/h7,21H,1H2,2-4H3;6,16H,1,3H2,2H3;6,14H,1,3-4H2,2H3. The Kier molecular flexibility index (Phi) is 15.6. The summed E-state index contributed by atoms with van der Waals surface area (Å²) in [5, 5.41) is 27.4. The molecule has 6 atom stereocenters. The van der Waals surface area contributed by atoms with Gasteiger partial charge in [-0.1, -0.05) is 19.7 Å². The highest BCUT2D eigenvalue weighted by Gasteiger charge is 2.85. The summed E-state index contributed by atoms with van der Waals surface area (Å²) in [4.78, 5) is 33.4. The Balaban J connectivity index is 0.000000448. The van der Waals surface area contributed by atoms with Gasteiger partial charge in [0.15, 0.2) is 13.6 Å². The van der Waals surface area contributed by atoms with Gasteiger partial charge in [0.25, 0.3) is 12.1 Å². The van der Waals surface area contributed by atoms with Gasteiger partial charge >= 0.3 is 65.8 Å². The summed E-state index contributed by atoms with van der Waals surface area (Å²) in [6, 6.07) is 0. The maximum atomic E-state index is 14.1.